The molecule has 0 spiro atoms. The average molecular weight is 1150 g/mol. The normalized spacial score (nSPS) is 19.7. The molecule has 4 N–H and O–H groups in total. The van der Waals surface area contributed by atoms with Crippen LogP contribution in [0.25, 0.3) is 0 Å². The largest absolute Gasteiger partial charge is 0.480 e. The number of thioether (sulfide) groups is 2. The van der Waals surface area contributed by atoms with Gasteiger partial charge in [-0.25, -0.2) is 9.69 Å². The van der Waals surface area contributed by atoms with Gasteiger partial charge in [0.05, 0.1) is 54.1 Å². The lowest BCUT2D eigenvalue weighted by molar-refractivity contribution is -0.147. The molecular formula is C59H87N7O12S2. The van der Waals surface area contributed by atoms with Crippen molar-refractivity contribution >= 4 is 88.1 Å². The van der Waals surface area contributed by atoms with Gasteiger partial charge in [-0.1, -0.05) is 103 Å². The highest BCUT2D eigenvalue weighted by atomic mass is 32.2. The number of carboxylic acids is 1. The van der Waals surface area contributed by atoms with Crippen molar-refractivity contribution in [3.63, 3.8) is 0 Å². The van der Waals surface area contributed by atoms with Crippen LogP contribution in [0.15, 0.2) is 48.5 Å². The maximum Gasteiger partial charge on any atom is 0.326 e. The van der Waals surface area contributed by atoms with Crippen LogP contribution in [0, 0.1) is 17.8 Å². The molecule has 0 radical (unpaired) electrons. The van der Waals surface area contributed by atoms with Gasteiger partial charge in [0.2, 0.25) is 41.4 Å². The van der Waals surface area contributed by atoms with Gasteiger partial charge in [0.15, 0.2) is 0 Å². The molecule has 2 heterocycles. The summed E-state index contributed by atoms with van der Waals surface area (Å²) < 4.78 is 11.9. The van der Waals surface area contributed by atoms with Crippen LogP contribution in [0.5, 0.6) is 0 Å². The first-order valence-corrected chi connectivity index (χ1v) is 30.7. The molecule has 3 fully saturated rings. The Morgan fingerprint density at radius 3 is 2.14 bits per heavy atom. The third kappa shape index (κ3) is 17.5. The number of carbonyl (C=O) groups excluding carboxylic acids is 8. The predicted octanol–water partition coefficient (Wildman–Crippen LogP) is 6.80. The van der Waals surface area contributed by atoms with Gasteiger partial charge < -0.3 is 45.2 Å². The number of anilines is 2. The summed E-state index contributed by atoms with van der Waals surface area (Å²) >= 11 is 3.06. The van der Waals surface area contributed by atoms with Crippen molar-refractivity contribution in [1.82, 2.24) is 25.3 Å². The molecule has 2 saturated heterocycles. The SMILES string of the molecule is CCC(C)C(C(CC(=O)N1CCCC1C(OC)C(C)C(=O)NC(Cc1ccccc1)C(=O)O)OC)N(C)C(=O)CNC(=O)C(C(C)C)N(C)C(=O)c1cc(NC(=O)CCSC)cc(N2C(=O)CC(SC3CCCCCCC3)C2=O)c1. The third-order valence-corrected chi connectivity index (χ3v) is 18.2. The monoisotopic (exact) mass is 1150 g/mol. The predicted molar refractivity (Wildman–Crippen MR) is 312 cm³/mol. The van der Waals surface area contributed by atoms with E-state index < -0.39 is 95.5 Å². The van der Waals surface area contributed by atoms with E-state index in [0.29, 0.717) is 31.6 Å². The number of methoxy groups -OCH3 is 2. The number of likely N-dealkylation sites (N-methyl/N-ethyl adjacent to an activating group) is 2. The van der Waals surface area contributed by atoms with E-state index in [1.54, 1.807) is 68.7 Å². The van der Waals surface area contributed by atoms with Crippen LogP contribution in [-0.2, 0) is 54.3 Å². The number of ether oxygens (including phenoxy) is 2. The lowest BCUT2D eigenvalue weighted by Gasteiger charge is -2.39. The van der Waals surface area contributed by atoms with Crippen LogP contribution < -0.4 is 20.9 Å². The van der Waals surface area contributed by atoms with Gasteiger partial charge in [-0.15, -0.1) is 11.8 Å². The summed E-state index contributed by atoms with van der Waals surface area (Å²) in [6.45, 7) is 9.04. The molecule has 21 heteroatoms. The van der Waals surface area contributed by atoms with E-state index >= 15 is 0 Å². The van der Waals surface area contributed by atoms with Crippen LogP contribution in [0.2, 0.25) is 0 Å². The zero-order valence-corrected chi connectivity index (χ0v) is 50.2. The fourth-order valence-corrected chi connectivity index (χ4v) is 13.4. The summed E-state index contributed by atoms with van der Waals surface area (Å²) in [6.07, 6.45) is 9.94. The zero-order valence-electron chi connectivity index (χ0n) is 48.5. The second kappa shape index (κ2) is 31.6. The van der Waals surface area contributed by atoms with E-state index in [4.69, 9.17) is 9.47 Å². The van der Waals surface area contributed by atoms with E-state index in [1.165, 1.54) is 67.4 Å². The number of likely N-dealkylation sites (tertiary alicyclic amines) is 1. The average Bonchev–Trinajstić information content (AvgIpc) is 4.02. The molecule has 9 atom stereocenters. The first kappa shape index (κ1) is 65.3. The third-order valence-electron chi connectivity index (χ3n) is 16.0. The van der Waals surface area contributed by atoms with Crippen LogP contribution in [-0.4, -0.2) is 173 Å². The minimum Gasteiger partial charge on any atom is -0.480 e. The van der Waals surface area contributed by atoms with Crippen LogP contribution in [0.4, 0.5) is 11.4 Å². The summed E-state index contributed by atoms with van der Waals surface area (Å²) in [7, 11) is 6.00. The quantitative estimate of drug-likeness (QED) is 0.0641. The van der Waals surface area contributed by atoms with E-state index in [1.807, 2.05) is 26.2 Å². The molecule has 5 rings (SSSR count). The number of hydrogen-bond acceptors (Lipinski definition) is 13. The Morgan fingerprint density at radius 1 is 0.850 bits per heavy atom. The van der Waals surface area contributed by atoms with Crippen molar-refractivity contribution in [3.8, 4) is 0 Å². The molecule has 2 aromatic carbocycles. The van der Waals surface area contributed by atoms with Crippen LogP contribution in [0.1, 0.15) is 134 Å². The Kier molecular flexibility index (Phi) is 25.8. The van der Waals surface area contributed by atoms with Crippen LogP contribution in [0.3, 0.4) is 0 Å². The first-order valence-electron chi connectivity index (χ1n) is 28.3. The van der Waals surface area contributed by atoms with Gasteiger partial charge >= 0.3 is 5.97 Å². The summed E-state index contributed by atoms with van der Waals surface area (Å²) in [5.74, 6) is -5.65. The molecule has 3 aliphatic rings. The summed E-state index contributed by atoms with van der Waals surface area (Å²) in [4.78, 5) is 130. The topological polar surface area (TPSA) is 241 Å². The zero-order chi connectivity index (χ0) is 58.8. The molecule has 9 unspecified atom stereocenters. The van der Waals surface area contributed by atoms with Crippen molar-refractivity contribution in [2.24, 2.45) is 17.8 Å². The number of nitrogens with zero attached hydrogens (tertiary/aromatic N) is 4. The van der Waals surface area contributed by atoms with Gasteiger partial charge in [0.25, 0.3) is 5.91 Å². The summed E-state index contributed by atoms with van der Waals surface area (Å²) in [5, 5.41) is 17.9. The maximum absolute atomic E-state index is 14.6. The van der Waals surface area contributed by atoms with Crippen molar-refractivity contribution in [2.45, 2.75) is 171 Å². The Balaban J connectivity index is 1.28. The van der Waals surface area contributed by atoms with Gasteiger partial charge in [0.1, 0.15) is 12.1 Å². The fourth-order valence-electron chi connectivity index (χ4n) is 11.4. The molecule has 1 aliphatic carbocycles. The molecule has 442 valence electrons. The van der Waals surface area contributed by atoms with Crippen molar-refractivity contribution in [1.29, 1.82) is 0 Å². The molecule has 19 nitrogen and oxygen atoms in total. The molecule has 8 amide bonds. The second-order valence-corrected chi connectivity index (χ2v) is 24.5. The minimum absolute atomic E-state index is 0.0201. The number of aliphatic carboxylic acids is 1. The molecule has 0 aromatic heterocycles. The van der Waals surface area contributed by atoms with Gasteiger partial charge in [-0.2, -0.15) is 11.8 Å². The second-order valence-electron chi connectivity index (χ2n) is 22.0. The smallest absolute Gasteiger partial charge is 0.326 e. The highest BCUT2D eigenvalue weighted by molar-refractivity contribution is 8.01. The van der Waals surface area contributed by atoms with Gasteiger partial charge in [0, 0.05) is 76.4 Å². The minimum atomic E-state index is -1.18. The molecule has 1 saturated carbocycles. The molecule has 2 aliphatic heterocycles. The highest BCUT2D eigenvalue weighted by Crippen LogP contribution is 2.38. The Bertz CT molecular complexity index is 2460. The van der Waals surface area contributed by atoms with Crippen LogP contribution >= 0.6 is 23.5 Å². The number of hydrogen-bond donors (Lipinski definition) is 4. The Hall–Kier alpha value is -5.51. The lowest BCUT2D eigenvalue weighted by Crippen LogP contribution is -2.56. The molecular weight excluding hydrogens is 1060 g/mol. The number of imide groups is 1. The number of rotatable bonds is 28. The van der Waals surface area contributed by atoms with Crippen molar-refractivity contribution in [2.75, 3.05) is 63.6 Å². The van der Waals surface area contributed by atoms with Crippen molar-refractivity contribution in [3.05, 3.63) is 59.7 Å². The van der Waals surface area contributed by atoms with E-state index in [-0.39, 0.29) is 71.5 Å². The summed E-state index contributed by atoms with van der Waals surface area (Å²) in [6, 6.07) is 10.0. The van der Waals surface area contributed by atoms with Gasteiger partial charge in [-0.05, 0) is 67.5 Å². The number of benzene rings is 2. The standard InChI is InChI=1S/C59H87N7O12S2/c1-11-37(4)53(46(77-8)33-49(68)65-27-20-25-45(65)54(78-9)38(5)55(71)62-44(59(75)76)29-39-21-16-15-17-22-39)63(6)51(70)35-60-56(72)52(36(2)3)64(7)57(73)40-30-41(61-48(67)26-28-79-10)32-42(31-40)66-50(69)34-47(58(66)74)80-43-23-18-13-12-14-19-24-43/h15-17,21-22,30-32,36-38,43-47,52-54H,11-14,18-20,23-29,33-35H2,1-10H3,(H,60,72)(H,61,67)(H,62,71)(H,75,76). The fraction of sp³-hybridized carbons (Fsp3) is 0.644. The number of carbonyl (C=O) groups is 9. The number of nitrogens with one attached hydrogen (secondary N) is 3. The van der Waals surface area contributed by atoms with E-state index in [0.717, 1.165) is 49.0 Å². The number of carboxylic acid groups (broad SMARTS) is 1. The highest BCUT2D eigenvalue weighted by Gasteiger charge is 2.44. The van der Waals surface area contributed by atoms with E-state index in [9.17, 15) is 48.3 Å². The first-order chi connectivity index (χ1) is 38.1. The molecule has 0 bridgehead atoms. The molecule has 2 aromatic rings. The number of amides is 8. The Morgan fingerprint density at radius 2 is 1.52 bits per heavy atom. The van der Waals surface area contributed by atoms with Gasteiger partial charge in [-0.3, -0.25) is 38.4 Å². The van der Waals surface area contributed by atoms with Crippen molar-refractivity contribution < 1.29 is 57.7 Å². The lowest BCUT2D eigenvalue weighted by atomic mass is 9.90. The molecule has 80 heavy (non-hydrogen) atoms. The maximum atomic E-state index is 14.6. The Labute approximate surface area is 481 Å². The van der Waals surface area contributed by atoms with E-state index in [2.05, 4.69) is 16.0 Å². The summed E-state index contributed by atoms with van der Waals surface area (Å²) in [5.41, 5.74) is 1.15.